The average Bonchev–Trinajstić information content (AvgIpc) is 2.59. The number of halogens is 1. The lowest BCUT2D eigenvalue weighted by atomic mass is 10.1. The number of nitrogens with one attached hydrogen (secondary N) is 1. The molecule has 2 aromatic rings. The largest absolute Gasteiger partial charge is 0.299 e. The van der Waals surface area contributed by atoms with Crippen molar-refractivity contribution < 1.29 is 12.8 Å². The van der Waals surface area contributed by atoms with E-state index >= 15 is 0 Å². The van der Waals surface area contributed by atoms with Crippen LogP contribution in [0.1, 0.15) is 24.0 Å². The van der Waals surface area contributed by atoms with Gasteiger partial charge in [0, 0.05) is 25.7 Å². The Morgan fingerprint density at radius 3 is 2.24 bits per heavy atom. The summed E-state index contributed by atoms with van der Waals surface area (Å²) in [6.45, 7) is 2.65. The molecule has 0 aromatic heterocycles. The second-order valence-corrected chi connectivity index (χ2v) is 8.29. The fourth-order valence-corrected chi connectivity index (χ4v) is 4.60. The van der Waals surface area contributed by atoms with Crippen molar-refractivity contribution >= 4 is 10.0 Å². The molecule has 3 rings (SSSR count). The Balaban J connectivity index is 1.48. The molecule has 4 nitrogen and oxygen atoms in total. The van der Waals surface area contributed by atoms with E-state index < -0.39 is 10.0 Å². The average molecular weight is 362 g/mol. The van der Waals surface area contributed by atoms with Crippen molar-refractivity contribution in [1.82, 2.24) is 9.62 Å². The summed E-state index contributed by atoms with van der Waals surface area (Å²) in [7, 11) is -3.41. The monoisotopic (exact) mass is 362 g/mol. The molecule has 1 fully saturated rings. The van der Waals surface area contributed by atoms with Gasteiger partial charge in [-0.2, -0.15) is 0 Å². The van der Waals surface area contributed by atoms with E-state index in [-0.39, 0.29) is 17.6 Å². The van der Waals surface area contributed by atoms with Crippen molar-refractivity contribution in [3.8, 4) is 0 Å². The molecule has 0 spiro atoms. The van der Waals surface area contributed by atoms with Crippen molar-refractivity contribution in [1.29, 1.82) is 0 Å². The number of likely N-dealkylation sites (tertiary alicyclic amines) is 1. The zero-order chi connectivity index (χ0) is 17.7. The predicted molar refractivity (Wildman–Crippen MR) is 96.9 cm³/mol. The Labute approximate surface area is 148 Å². The van der Waals surface area contributed by atoms with Gasteiger partial charge in [0.15, 0.2) is 0 Å². The Morgan fingerprint density at radius 2 is 1.60 bits per heavy atom. The topological polar surface area (TPSA) is 49.4 Å². The molecule has 6 heteroatoms. The number of hydrogen-bond acceptors (Lipinski definition) is 3. The molecule has 0 atom stereocenters. The van der Waals surface area contributed by atoms with E-state index in [0.29, 0.717) is 5.56 Å². The summed E-state index contributed by atoms with van der Waals surface area (Å²) in [5.74, 6) is -0.475. The molecule has 0 unspecified atom stereocenters. The van der Waals surface area contributed by atoms with Crippen LogP contribution in [0, 0.1) is 5.82 Å². The van der Waals surface area contributed by atoms with Crippen LogP contribution in [0.15, 0.2) is 54.6 Å². The highest BCUT2D eigenvalue weighted by Crippen LogP contribution is 2.15. The van der Waals surface area contributed by atoms with Gasteiger partial charge in [0.25, 0.3) is 0 Å². The molecule has 134 valence electrons. The third-order valence-electron chi connectivity index (χ3n) is 4.45. The summed E-state index contributed by atoms with van der Waals surface area (Å²) in [6, 6.07) is 15.9. The van der Waals surface area contributed by atoms with Crippen molar-refractivity contribution in [2.45, 2.75) is 31.2 Å². The Morgan fingerprint density at radius 1 is 0.960 bits per heavy atom. The molecular weight excluding hydrogens is 339 g/mol. The zero-order valence-corrected chi connectivity index (χ0v) is 14.9. The van der Waals surface area contributed by atoms with Gasteiger partial charge in [-0.15, -0.1) is 0 Å². The molecule has 2 aromatic carbocycles. The second-order valence-electron chi connectivity index (χ2n) is 6.54. The molecule has 1 heterocycles. The molecule has 0 bridgehead atoms. The molecular formula is C19H23FN2O2S. The van der Waals surface area contributed by atoms with Gasteiger partial charge in [-0.3, -0.25) is 4.90 Å². The van der Waals surface area contributed by atoms with E-state index in [9.17, 15) is 12.8 Å². The van der Waals surface area contributed by atoms with E-state index in [1.165, 1.54) is 29.8 Å². The summed E-state index contributed by atoms with van der Waals surface area (Å²) in [4.78, 5) is 2.35. The maximum atomic E-state index is 12.9. The fraction of sp³-hybridized carbons (Fsp3) is 0.368. The van der Waals surface area contributed by atoms with Gasteiger partial charge in [0.05, 0.1) is 5.75 Å². The highest BCUT2D eigenvalue weighted by atomic mass is 32.2. The Bertz CT molecular complexity index is 771. The first-order valence-corrected chi connectivity index (χ1v) is 10.2. The molecule has 25 heavy (non-hydrogen) atoms. The van der Waals surface area contributed by atoms with E-state index in [1.807, 2.05) is 18.2 Å². The van der Waals surface area contributed by atoms with E-state index in [0.717, 1.165) is 32.5 Å². The summed E-state index contributed by atoms with van der Waals surface area (Å²) in [6.07, 6.45) is 1.60. The van der Waals surface area contributed by atoms with Crippen molar-refractivity contribution in [3.63, 3.8) is 0 Å². The predicted octanol–water partition coefficient (Wildman–Crippen LogP) is 2.91. The number of benzene rings is 2. The highest BCUT2D eigenvalue weighted by molar-refractivity contribution is 7.88. The minimum Gasteiger partial charge on any atom is -0.299 e. The first-order chi connectivity index (χ1) is 12.0. The highest BCUT2D eigenvalue weighted by Gasteiger charge is 2.23. The van der Waals surface area contributed by atoms with Crippen LogP contribution < -0.4 is 4.72 Å². The Kier molecular flexibility index (Phi) is 5.83. The maximum Gasteiger partial charge on any atom is 0.216 e. The molecule has 0 saturated carbocycles. The lowest BCUT2D eigenvalue weighted by Gasteiger charge is -2.32. The number of rotatable bonds is 6. The lowest BCUT2D eigenvalue weighted by Crippen LogP contribution is -2.44. The molecule has 1 aliphatic rings. The molecule has 1 saturated heterocycles. The first-order valence-electron chi connectivity index (χ1n) is 8.51. The minimum atomic E-state index is -3.41. The second kappa shape index (κ2) is 8.08. The quantitative estimate of drug-likeness (QED) is 0.860. The Hall–Kier alpha value is -1.76. The maximum absolute atomic E-state index is 12.9. The number of nitrogens with zero attached hydrogens (tertiary/aromatic N) is 1. The van der Waals surface area contributed by atoms with Crippen LogP contribution in [0.3, 0.4) is 0 Å². The van der Waals surface area contributed by atoms with Gasteiger partial charge in [0.2, 0.25) is 10.0 Å². The van der Waals surface area contributed by atoms with Crippen molar-refractivity contribution in [2.24, 2.45) is 0 Å². The summed E-state index contributed by atoms with van der Waals surface area (Å²) >= 11 is 0. The molecule has 1 aliphatic heterocycles. The molecule has 0 aliphatic carbocycles. The zero-order valence-electron chi connectivity index (χ0n) is 14.1. The van der Waals surface area contributed by atoms with Crippen LogP contribution in [-0.4, -0.2) is 32.4 Å². The van der Waals surface area contributed by atoms with Gasteiger partial charge in [-0.05, 0) is 36.1 Å². The first kappa shape index (κ1) is 18.0. The standard InChI is InChI=1S/C19H23FN2O2S/c20-18-8-6-17(7-9-18)15-25(23,24)21-19-10-12-22(13-11-19)14-16-4-2-1-3-5-16/h1-9,19,21H,10-15H2. The van der Waals surface area contributed by atoms with Crippen LogP contribution in [0.2, 0.25) is 0 Å². The van der Waals surface area contributed by atoms with Crippen LogP contribution in [0.5, 0.6) is 0 Å². The molecule has 1 N–H and O–H groups in total. The van der Waals surface area contributed by atoms with Gasteiger partial charge in [-0.1, -0.05) is 42.5 Å². The van der Waals surface area contributed by atoms with Crippen molar-refractivity contribution in [3.05, 3.63) is 71.5 Å². The van der Waals surface area contributed by atoms with Gasteiger partial charge >= 0.3 is 0 Å². The van der Waals surface area contributed by atoms with E-state index in [1.54, 1.807) is 0 Å². The third-order valence-corrected chi connectivity index (χ3v) is 5.86. The van der Waals surface area contributed by atoms with E-state index in [2.05, 4.69) is 21.8 Å². The summed E-state index contributed by atoms with van der Waals surface area (Å²) in [5, 5.41) is 0. The number of piperidine rings is 1. The summed E-state index contributed by atoms with van der Waals surface area (Å²) in [5.41, 5.74) is 1.87. The number of sulfonamides is 1. The van der Waals surface area contributed by atoms with Crippen LogP contribution in [-0.2, 0) is 22.3 Å². The van der Waals surface area contributed by atoms with Crippen LogP contribution in [0.4, 0.5) is 4.39 Å². The minimum absolute atomic E-state index is 0.0301. The molecule has 0 amide bonds. The fourth-order valence-electron chi connectivity index (χ4n) is 3.15. The van der Waals surface area contributed by atoms with Gasteiger partial charge in [-0.25, -0.2) is 17.5 Å². The molecule has 0 radical (unpaired) electrons. The van der Waals surface area contributed by atoms with Crippen molar-refractivity contribution in [2.75, 3.05) is 13.1 Å². The van der Waals surface area contributed by atoms with Gasteiger partial charge < -0.3 is 0 Å². The van der Waals surface area contributed by atoms with Gasteiger partial charge in [0.1, 0.15) is 5.82 Å². The normalized spacial score (nSPS) is 16.8. The third kappa shape index (κ3) is 5.63. The van der Waals surface area contributed by atoms with E-state index in [4.69, 9.17) is 0 Å². The number of hydrogen-bond donors (Lipinski definition) is 1. The smallest absolute Gasteiger partial charge is 0.216 e. The van der Waals surface area contributed by atoms with Crippen LogP contribution >= 0.6 is 0 Å². The SMILES string of the molecule is O=S(=O)(Cc1ccc(F)cc1)NC1CCN(Cc2ccccc2)CC1. The summed E-state index contributed by atoms with van der Waals surface area (Å²) < 4.78 is 40.3. The van der Waals surface area contributed by atoms with Crippen LogP contribution in [0.25, 0.3) is 0 Å². The lowest BCUT2D eigenvalue weighted by molar-refractivity contribution is 0.200.